The lowest BCUT2D eigenvalue weighted by molar-refractivity contribution is 0.102. The lowest BCUT2D eigenvalue weighted by Crippen LogP contribution is -2.28. The Balaban J connectivity index is 2.06. The molecule has 2 aromatic rings. The first-order valence-electron chi connectivity index (χ1n) is 8.37. The van der Waals surface area contributed by atoms with Crippen molar-refractivity contribution in [2.45, 2.75) is 26.9 Å². The molecule has 140 valence electrons. The number of carbonyl (C=O) groups is 1. The largest absolute Gasteiger partial charge is 0.491 e. The molecule has 1 N–H and O–H groups in total. The van der Waals surface area contributed by atoms with Gasteiger partial charge in [0.25, 0.3) is 5.91 Å². The van der Waals surface area contributed by atoms with Crippen LogP contribution in [0, 0.1) is 0 Å². The molecule has 0 spiro atoms. The van der Waals surface area contributed by atoms with E-state index in [1.165, 1.54) is 11.4 Å². The molecule has 0 radical (unpaired) electrons. The van der Waals surface area contributed by atoms with Gasteiger partial charge in [0.05, 0.1) is 17.5 Å². The third-order valence-corrected chi connectivity index (χ3v) is 5.53. The molecule has 0 fully saturated rings. The predicted molar refractivity (Wildman–Crippen MR) is 104 cm³/mol. The maximum atomic E-state index is 12.3. The predicted octanol–water partition coefficient (Wildman–Crippen LogP) is 3.51. The lowest BCUT2D eigenvalue weighted by Gasteiger charge is -2.18. The minimum atomic E-state index is -3.32. The smallest absolute Gasteiger partial charge is 0.255 e. The van der Waals surface area contributed by atoms with Crippen molar-refractivity contribution in [2.24, 2.45) is 0 Å². The molecule has 7 heteroatoms. The van der Waals surface area contributed by atoms with Crippen LogP contribution in [0.15, 0.2) is 48.5 Å². The fraction of sp³-hybridized carbons (Fsp3) is 0.316. The number of nitrogens with one attached hydrogen (secondary N) is 1. The Labute approximate surface area is 154 Å². The van der Waals surface area contributed by atoms with Gasteiger partial charge in [-0.15, -0.1) is 0 Å². The molecule has 6 nitrogen and oxygen atoms in total. The second-order valence-electron chi connectivity index (χ2n) is 6.06. The summed E-state index contributed by atoms with van der Waals surface area (Å²) in [7, 11) is -1.83. The molecule has 0 bridgehead atoms. The first-order chi connectivity index (χ1) is 12.2. The second-order valence-corrected chi connectivity index (χ2v) is 8.35. The number of hydrogen-bond donors (Lipinski definition) is 1. The van der Waals surface area contributed by atoms with Crippen molar-refractivity contribution >= 4 is 27.3 Å². The van der Waals surface area contributed by atoms with Crippen LogP contribution < -0.4 is 14.4 Å². The zero-order valence-corrected chi connectivity index (χ0v) is 16.2. The van der Waals surface area contributed by atoms with E-state index >= 15 is 0 Å². The molecule has 26 heavy (non-hydrogen) atoms. The van der Waals surface area contributed by atoms with Crippen LogP contribution in [0.2, 0.25) is 0 Å². The molecule has 0 heterocycles. The first kappa shape index (κ1) is 19.8. The molecule has 0 saturated heterocycles. The Morgan fingerprint density at radius 1 is 1.08 bits per heavy atom. The van der Waals surface area contributed by atoms with Crippen molar-refractivity contribution in [3.05, 3.63) is 54.1 Å². The number of nitrogens with zero attached hydrogens (tertiary/aromatic N) is 1. The van der Waals surface area contributed by atoms with Crippen LogP contribution >= 0.6 is 0 Å². The van der Waals surface area contributed by atoms with E-state index in [0.29, 0.717) is 16.9 Å². The second kappa shape index (κ2) is 8.23. The number of ether oxygens (including phenoxy) is 1. The summed E-state index contributed by atoms with van der Waals surface area (Å²) in [5, 5.41) is 2.80. The van der Waals surface area contributed by atoms with E-state index < -0.39 is 10.0 Å². The number of amides is 1. The van der Waals surface area contributed by atoms with Crippen LogP contribution in [0.25, 0.3) is 0 Å². The number of benzene rings is 2. The van der Waals surface area contributed by atoms with Crippen molar-refractivity contribution in [2.75, 3.05) is 22.4 Å². The Hall–Kier alpha value is -2.54. The molecule has 0 atom stereocenters. The van der Waals surface area contributed by atoms with Crippen LogP contribution in [0.4, 0.5) is 11.4 Å². The van der Waals surface area contributed by atoms with Gasteiger partial charge in [0.15, 0.2) is 0 Å². The highest BCUT2D eigenvalue weighted by atomic mass is 32.2. The minimum absolute atomic E-state index is 0.0161. The summed E-state index contributed by atoms with van der Waals surface area (Å²) >= 11 is 0. The van der Waals surface area contributed by atoms with Crippen molar-refractivity contribution in [3.63, 3.8) is 0 Å². The molecule has 2 rings (SSSR count). The molecule has 0 aliphatic carbocycles. The van der Waals surface area contributed by atoms with Crippen LogP contribution in [-0.4, -0.2) is 33.2 Å². The molecule has 1 amide bonds. The molecule has 0 aliphatic heterocycles. The summed E-state index contributed by atoms with van der Waals surface area (Å²) in [5.41, 5.74) is 1.61. The van der Waals surface area contributed by atoms with Gasteiger partial charge in [-0.25, -0.2) is 8.42 Å². The highest BCUT2D eigenvalue weighted by Crippen LogP contribution is 2.20. The third kappa shape index (κ3) is 4.98. The average molecular weight is 376 g/mol. The van der Waals surface area contributed by atoms with Gasteiger partial charge in [-0.1, -0.05) is 0 Å². The summed E-state index contributed by atoms with van der Waals surface area (Å²) < 4.78 is 30.6. The first-order valence-corrected chi connectivity index (χ1v) is 9.98. The maximum Gasteiger partial charge on any atom is 0.255 e. The van der Waals surface area contributed by atoms with Crippen molar-refractivity contribution < 1.29 is 17.9 Å². The summed E-state index contributed by atoms with van der Waals surface area (Å²) in [6.45, 7) is 5.48. The van der Waals surface area contributed by atoms with Gasteiger partial charge in [-0.05, 0) is 69.3 Å². The Kier molecular flexibility index (Phi) is 6.26. The Morgan fingerprint density at radius 2 is 1.65 bits per heavy atom. The van der Waals surface area contributed by atoms with E-state index in [9.17, 15) is 13.2 Å². The van der Waals surface area contributed by atoms with Crippen molar-refractivity contribution in [1.29, 1.82) is 0 Å². The van der Waals surface area contributed by atoms with Gasteiger partial charge >= 0.3 is 0 Å². The van der Waals surface area contributed by atoms with Gasteiger partial charge in [0, 0.05) is 18.3 Å². The van der Waals surface area contributed by atoms with Crippen LogP contribution in [0.5, 0.6) is 5.75 Å². The standard InChI is InChI=1S/C19H24N2O4S/c1-5-26(23,24)21(4)17-10-6-15(7-11-17)19(22)20-16-8-12-18(13-9-16)25-14(2)3/h6-14H,5H2,1-4H3,(H,20,22). The van der Waals surface area contributed by atoms with E-state index in [-0.39, 0.29) is 17.8 Å². The maximum absolute atomic E-state index is 12.3. The Morgan fingerprint density at radius 3 is 2.15 bits per heavy atom. The van der Waals surface area contributed by atoms with E-state index in [4.69, 9.17) is 4.74 Å². The molecule has 2 aromatic carbocycles. The molecule has 0 aromatic heterocycles. The fourth-order valence-corrected chi connectivity index (χ4v) is 3.10. The average Bonchev–Trinajstić information content (AvgIpc) is 2.62. The van der Waals surface area contributed by atoms with E-state index in [2.05, 4.69) is 5.32 Å². The minimum Gasteiger partial charge on any atom is -0.491 e. The van der Waals surface area contributed by atoms with Crippen LogP contribution in [-0.2, 0) is 10.0 Å². The summed E-state index contributed by atoms with van der Waals surface area (Å²) in [5.74, 6) is 0.486. The molecular weight excluding hydrogens is 352 g/mol. The van der Waals surface area contributed by atoms with Crippen molar-refractivity contribution in [1.82, 2.24) is 0 Å². The zero-order chi connectivity index (χ0) is 19.3. The summed E-state index contributed by atoms with van der Waals surface area (Å²) in [6.07, 6.45) is 0.0867. The monoisotopic (exact) mass is 376 g/mol. The molecule has 0 aliphatic rings. The zero-order valence-electron chi connectivity index (χ0n) is 15.4. The van der Waals surface area contributed by atoms with E-state index in [0.717, 1.165) is 5.75 Å². The molecular formula is C19H24N2O4S. The van der Waals surface area contributed by atoms with Gasteiger partial charge < -0.3 is 10.1 Å². The topological polar surface area (TPSA) is 75.7 Å². The quantitative estimate of drug-likeness (QED) is 0.802. The summed E-state index contributed by atoms with van der Waals surface area (Å²) in [6, 6.07) is 13.6. The number of sulfonamides is 1. The third-order valence-electron chi connectivity index (χ3n) is 3.76. The van der Waals surface area contributed by atoms with Crippen LogP contribution in [0.3, 0.4) is 0 Å². The molecule has 0 unspecified atom stereocenters. The van der Waals surface area contributed by atoms with E-state index in [1.54, 1.807) is 55.5 Å². The number of carbonyl (C=O) groups excluding carboxylic acids is 1. The van der Waals surface area contributed by atoms with Gasteiger partial charge in [0.1, 0.15) is 5.75 Å². The number of hydrogen-bond acceptors (Lipinski definition) is 4. The van der Waals surface area contributed by atoms with E-state index in [1.807, 2.05) is 13.8 Å². The normalized spacial score (nSPS) is 11.3. The van der Waals surface area contributed by atoms with Gasteiger partial charge in [0.2, 0.25) is 10.0 Å². The van der Waals surface area contributed by atoms with Crippen molar-refractivity contribution in [3.8, 4) is 5.75 Å². The summed E-state index contributed by atoms with van der Waals surface area (Å²) in [4.78, 5) is 12.3. The van der Waals surface area contributed by atoms with Gasteiger partial charge in [-0.3, -0.25) is 9.10 Å². The Bertz CT molecular complexity index is 844. The lowest BCUT2D eigenvalue weighted by atomic mass is 10.2. The van der Waals surface area contributed by atoms with Gasteiger partial charge in [-0.2, -0.15) is 0 Å². The number of rotatable bonds is 7. The highest BCUT2D eigenvalue weighted by molar-refractivity contribution is 7.92. The van der Waals surface area contributed by atoms with Crippen LogP contribution in [0.1, 0.15) is 31.1 Å². The highest BCUT2D eigenvalue weighted by Gasteiger charge is 2.16. The molecule has 0 saturated carbocycles. The number of anilines is 2. The SMILES string of the molecule is CCS(=O)(=O)N(C)c1ccc(C(=O)Nc2ccc(OC(C)C)cc2)cc1. The fourth-order valence-electron chi connectivity index (χ4n) is 2.27.